The van der Waals surface area contributed by atoms with Gasteiger partial charge in [0.2, 0.25) is 0 Å². The van der Waals surface area contributed by atoms with Crippen LogP contribution in [0.3, 0.4) is 0 Å². The van der Waals surface area contributed by atoms with Crippen LogP contribution in [0.1, 0.15) is 63.1 Å². The molecule has 0 amide bonds. The first-order valence-corrected chi connectivity index (χ1v) is 12.3. The van der Waals surface area contributed by atoms with Gasteiger partial charge in [0.05, 0.1) is 17.2 Å². The van der Waals surface area contributed by atoms with Crippen molar-refractivity contribution >= 4 is 16.5 Å². The van der Waals surface area contributed by atoms with Gasteiger partial charge in [0.25, 0.3) is 0 Å². The lowest BCUT2D eigenvalue weighted by molar-refractivity contribution is -0.0963. The first-order chi connectivity index (χ1) is 15.7. The lowest BCUT2D eigenvalue weighted by Gasteiger charge is -2.50. The number of allylic oxidation sites excluding steroid dienone is 3. The molecule has 2 fully saturated rings. The van der Waals surface area contributed by atoms with Gasteiger partial charge in [-0.3, -0.25) is 5.10 Å². The molecule has 2 saturated carbocycles. The van der Waals surface area contributed by atoms with E-state index in [0.717, 1.165) is 22.2 Å². The molecular weight excluding hydrogens is 419 g/mol. The number of hydrogen-bond donors (Lipinski definition) is 4. The van der Waals surface area contributed by atoms with Crippen LogP contribution in [0.5, 0.6) is 0 Å². The molecule has 4 N–H and O–H groups in total. The predicted octanol–water partition coefficient (Wildman–Crippen LogP) is 4.37. The fourth-order valence-corrected chi connectivity index (χ4v) is 7.65. The maximum atomic E-state index is 16.2. The zero-order valence-electron chi connectivity index (χ0n) is 19.3. The smallest absolute Gasteiger partial charge is 0.145 e. The number of nitrogens with zero attached hydrogens (tertiary/aromatic N) is 1. The lowest BCUT2D eigenvalue weighted by Crippen LogP contribution is -2.55. The topological polar surface area (TPSA) is 89.4 Å². The molecule has 0 radical (unpaired) electrons. The molecule has 0 saturated heterocycles. The second-order valence-corrected chi connectivity index (χ2v) is 11.2. The van der Waals surface area contributed by atoms with E-state index in [9.17, 15) is 15.3 Å². The van der Waals surface area contributed by atoms with Crippen LogP contribution in [0.4, 0.5) is 4.39 Å². The number of benzene rings is 1. The predicted molar refractivity (Wildman–Crippen MR) is 125 cm³/mol. The Labute approximate surface area is 193 Å². The van der Waals surface area contributed by atoms with E-state index in [1.807, 2.05) is 13.0 Å². The van der Waals surface area contributed by atoms with Gasteiger partial charge in [0.1, 0.15) is 11.8 Å². The number of rotatable bonds is 1. The Morgan fingerprint density at radius 1 is 1.15 bits per heavy atom. The number of H-pyrrole nitrogens is 1. The third-order valence-corrected chi connectivity index (χ3v) is 9.52. The molecular formula is C27H33FN2O3. The Hall–Kier alpha value is -2.02. The summed E-state index contributed by atoms with van der Waals surface area (Å²) in [6.45, 7) is 4.21. The molecule has 6 unspecified atom stereocenters. The summed E-state index contributed by atoms with van der Waals surface area (Å²) >= 11 is 0. The molecule has 0 spiro atoms. The lowest BCUT2D eigenvalue weighted by atomic mass is 9.57. The average molecular weight is 453 g/mol. The van der Waals surface area contributed by atoms with Crippen molar-refractivity contribution in [3.05, 3.63) is 47.2 Å². The Balaban J connectivity index is 1.39. The number of aromatic nitrogens is 2. The Morgan fingerprint density at radius 2 is 1.97 bits per heavy atom. The van der Waals surface area contributed by atoms with Crippen LogP contribution < -0.4 is 0 Å². The largest absolute Gasteiger partial charge is 0.393 e. The highest BCUT2D eigenvalue weighted by Gasteiger charge is 2.62. The molecule has 1 heterocycles. The van der Waals surface area contributed by atoms with Gasteiger partial charge in [-0.2, -0.15) is 5.10 Å². The third-order valence-electron chi connectivity index (χ3n) is 9.52. The number of nitrogens with one attached hydrogen (secondary N) is 1. The highest BCUT2D eigenvalue weighted by atomic mass is 19.1. The van der Waals surface area contributed by atoms with Gasteiger partial charge in [-0.15, -0.1) is 0 Å². The minimum atomic E-state index is -1.88. The summed E-state index contributed by atoms with van der Waals surface area (Å²) in [6.07, 6.45) is 5.37. The monoisotopic (exact) mass is 452 g/mol. The van der Waals surface area contributed by atoms with Gasteiger partial charge in [-0.25, -0.2) is 4.39 Å². The molecule has 4 aliphatic carbocycles. The van der Waals surface area contributed by atoms with Crippen molar-refractivity contribution in [1.29, 1.82) is 0 Å². The second kappa shape index (κ2) is 7.00. The Bertz CT molecular complexity index is 1190. The zero-order chi connectivity index (χ0) is 23.2. The van der Waals surface area contributed by atoms with E-state index in [0.29, 0.717) is 44.1 Å². The zero-order valence-corrected chi connectivity index (χ0v) is 19.3. The van der Waals surface area contributed by atoms with Crippen LogP contribution in [0, 0.1) is 24.2 Å². The van der Waals surface area contributed by atoms with Crippen LogP contribution in [0.15, 0.2) is 35.9 Å². The first kappa shape index (κ1) is 21.5. The summed E-state index contributed by atoms with van der Waals surface area (Å²) in [6, 6.07) is 6.33. The van der Waals surface area contributed by atoms with E-state index in [1.54, 1.807) is 0 Å². The third kappa shape index (κ3) is 2.84. The summed E-state index contributed by atoms with van der Waals surface area (Å²) in [5.41, 5.74) is 1.27. The molecule has 1 aromatic heterocycles. The number of alkyl halides is 1. The number of aromatic amines is 1. The number of halogens is 1. The van der Waals surface area contributed by atoms with Crippen molar-refractivity contribution in [1.82, 2.24) is 10.2 Å². The van der Waals surface area contributed by atoms with Gasteiger partial charge in [0, 0.05) is 28.8 Å². The van der Waals surface area contributed by atoms with E-state index < -0.39 is 23.5 Å². The van der Waals surface area contributed by atoms with Crippen molar-refractivity contribution in [3.63, 3.8) is 0 Å². The van der Waals surface area contributed by atoms with Crippen molar-refractivity contribution < 1.29 is 19.7 Å². The molecule has 0 aliphatic heterocycles. The maximum Gasteiger partial charge on any atom is 0.145 e. The van der Waals surface area contributed by atoms with Gasteiger partial charge in [-0.05, 0) is 74.1 Å². The van der Waals surface area contributed by atoms with Crippen LogP contribution in [0.25, 0.3) is 16.5 Å². The van der Waals surface area contributed by atoms with Crippen molar-refractivity contribution in [2.75, 3.05) is 0 Å². The van der Waals surface area contributed by atoms with Crippen LogP contribution in [-0.2, 0) is 0 Å². The standard InChI is InChI=1S/C27H33FN2O3/c1-15-19-6-3-16(13-22(19)30-29-15)20-7-8-23-25(20,2)11-10-21-24(32)26(28)14-18(31)5-4-17(26)9-12-27(21,23)33/h3,6-7,10,13,17-18,23-24,31-33H,4-5,8-9,11-12,14H2,1-2H3,(H,29,30)/t17?,18?,23?,24?,25?,26?,27-/m1/s1. The average Bonchev–Trinajstić information content (AvgIpc) is 3.31. The second-order valence-electron chi connectivity index (χ2n) is 11.2. The molecule has 2 aromatic rings. The number of aliphatic hydroxyl groups excluding tert-OH is 2. The van der Waals surface area contributed by atoms with E-state index in [2.05, 4.69) is 41.4 Å². The molecule has 4 aliphatic rings. The Morgan fingerprint density at radius 3 is 2.79 bits per heavy atom. The number of fused-ring (bicyclic) bond motifs is 5. The number of aliphatic hydroxyl groups is 3. The number of aryl methyl sites for hydroxylation is 1. The van der Waals surface area contributed by atoms with Crippen LogP contribution in [-0.4, -0.2) is 49.0 Å². The van der Waals surface area contributed by atoms with Gasteiger partial charge in [-0.1, -0.05) is 31.2 Å². The van der Waals surface area contributed by atoms with E-state index in [4.69, 9.17) is 0 Å². The highest BCUT2D eigenvalue weighted by molar-refractivity contribution is 5.86. The summed E-state index contributed by atoms with van der Waals surface area (Å²) < 4.78 is 16.2. The van der Waals surface area contributed by atoms with E-state index >= 15 is 4.39 Å². The summed E-state index contributed by atoms with van der Waals surface area (Å²) in [5, 5.41) is 42.2. The number of hydrogen-bond acceptors (Lipinski definition) is 4. The fourth-order valence-electron chi connectivity index (χ4n) is 7.65. The van der Waals surface area contributed by atoms with Gasteiger partial charge < -0.3 is 15.3 Å². The molecule has 176 valence electrons. The molecule has 1 aromatic carbocycles. The van der Waals surface area contributed by atoms with Crippen molar-refractivity contribution in [3.8, 4) is 0 Å². The van der Waals surface area contributed by atoms with Gasteiger partial charge >= 0.3 is 0 Å². The van der Waals surface area contributed by atoms with Crippen LogP contribution in [0.2, 0.25) is 0 Å². The Kier molecular flexibility index (Phi) is 4.56. The molecule has 5 nitrogen and oxygen atoms in total. The van der Waals surface area contributed by atoms with Crippen LogP contribution >= 0.6 is 0 Å². The normalized spacial score (nSPS) is 42.7. The van der Waals surface area contributed by atoms with Gasteiger partial charge in [0.15, 0.2) is 0 Å². The molecule has 6 heteroatoms. The highest BCUT2D eigenvalue weighted by Crippen LogP contribution is 2.63. The quantitative estimate of drug-likeness (QED) is 0.484. The molecule has 7 atom stereocenters. The summed E-state index contributed by atoms with van der Waals surface area (Å²) in [5.74, 6) is -0.461. The molecule has 6 rings (SSSR count). The first-order valence-electron chi connectivity index (χ1n) is 12.3. The molecule has 0 bridgehead atoms. The maximum absolute atomic E-state index is 16.2. The van der Waals surface area contributed by atoms with Crippen molar-refractivity contribution in [2.45, 2.75) is 82.3 Å². The summed E-state index contributed by atoms with van der Waals surface area (Å²) in [7, 11) is 0. The minimum absolute atomic E-state index is 0.0548. The van der Waals surface area contributed by atoms with E-state index in [-0.39, 0.29) is 23.7 Å². The van der Waals surface area contributed by atoms with Crippen molar-refractivity contribution in [2.24, 2.45) is 17.3 Å². The SMILES string of the molecule is Cc1[nH]nc2cc(C3=CCC4C3(C)CC=C3C(O)C5(F)CC(O)CCC5CC[C@@]34O)ccc12. The molecule has 33 heavy (non-hydrogen) atoms. The fraction of sp³-hybridized carbons (Fsp3) is 0.593. The minimum Gasteiger partial charge on any atom is -0.393 e. The van der Waals surface area contributed by atoms with E-state index in [1.165, 1.54) is 5.57 Å². The summed E-state index contributed by atoms with van der Waals surface area (Å²) in [4.78, 5) is 0.